The van der Waals surface area contributed by atoms with E-state index in [2.05, 4.69) is 15.6 Å². The number of likely N-dealkylation sites (N-methyl/N-ethyl adjacent to an activating group) is 1. The van der Waals surface area contributed by atoms with E-state index in [1.54, 1.807) is 14.1 Å². The number of amides is 1. The van der Waals surface area contributed by atoms with E-state index in [9.17, 15) is 4.79 Å². The second kappa shape index (κ2) is 5.09. The highest BCUT2D eigenvalue weighted by molar-refractivity contribution is 6.08. The molecule has 0 bridgehead atoms. The number of nitrogens with one attached hydrogen (secondary N) is 2. The molecule has 15 heavy (non-hydrogen) atoms. The average Bonchev–Trinajstić information content (AvgIpc) is 2.70. The van der Waals surface area contributed by atoms with Crippen molar-refractivity contribution in [2.45, 2.75) is 19.0 Å². The highest BCUT2D eigenvalue weighted by Crippen LogP contribution is 2.11. The number of aliphatic hydroxyl groups excluding tert-OH is 1. The monoisotopic (exact) mass is 214 g/mol. The third-order valence-corrected chi connectivity index (χ3v) is 2.60. The highest BCUT2D eigenvalue weighted by atomic mass is 16.3. The standard InChI is InChI=1S/C9H18N4O2/c1-6(4-14)13-5-12-8(10-2)7(13)9(15)11-3/h6-7,14H,4-5H2,1-3H3,(H,10,12)(H,11,15). The fraction of sp³-hybridized carbons (Fsp3) is 0.778. The molecule has 3 N–H and O–H groups in total. The fourth-order valence-electron chi connectivity index (χ4n) is 1.65. The van der Waals surface area contributed by atoms with Crippen molar-refractivity contribution < 1.29 is 9.90 Å². The van der Waals surface area contributed by atoms with E-state index in [4.69, 9.17) is 5.11 Å². The van der Waals surface area contributed by atoms with Crippen LogP contribution in [0.2, 0.25) is 0 Å². The van der Waals surface area contributed by atoms with Crippen molar-refractivity contribution in [3.63, 3.8) is 0 Å². The van der Waals surface area contributed by atoms with Gasteiger partial charge in [0.1, 0.15) is 11.9 Å². The Balaban J connectivity index is 2.86. The van der Waals surface area contributed by atoms with Gasteiger partial charge in [-0.15, -0.1) is 0 Å². The number of carbonyl (C=O) groups is 1. The molecule has 0 aromatic heterocycles. The molecule has 0 aliphatic carbocycles. The maximum atomic E-state index is 11.7. The lowest BCUT2D eigenvalue weighted by Gasteiger charge is -2.26. The van der Waals surface area contributed by atoms with Crippen molar-refractivity contribution in [1.82, 2.24) is 15.5 Å². The van der Waals surface area contributed by atoms with Gasteiger partial charge < -0.3 is 15.7 Å². The molecule has 2 unspecified atom stereocenters. The molecule has 0 aromatic rings. The zero-order valence-corrected chi connectivity index (χ0v) is 9.32. The molecule has 0 aromatic carbocycles. The molecule has 1 aliphatic heterocycles. The van der Waals surface area contributed by atoms with E-state index in [-0.39, 0.29) is 18.6 Å². The van der Waals surface area contributed by atoms with Crippen LogP contribution in [0.25, 0.3) is 0 Å². The van der Waals surface area contributed by atoms with E-state index in [0.717, 1.165) is 0 Å². The third-order valence-electron chi connectivity index (χ3n) is 2.60. The van der Waals surface area contributed by atoms with Gasteiger partial charge in [-0.05, 0) is 6.92 Å². The van der Waals surface area contributed by atoms with Crippen LogP contribution in [0.4, 0.5) is 0 Å². The zero-order valence-electron chi connectivity index (χ0n) is 9.32. The quantitative estimate of drug-likeness (QED) is 0.527. The Bertz CT molecular complexity index is 267. The summed E-state index contributed by atoms with van der Waals surface area (Å²) >= 11 is 0. The van der Waals surface area contributed by atoms with Gasteiger partial charge in [-0.3, -0.25) is 14.7 Å². The predicted molar refractivity (Wildman–Crippen MR) is 57.6 cm³/mol. The number of nitrogens with zero attached hydrogens (tertiary/aromatic N) is 2. The van der Waals surface area contributed by atoms with Crippen molar-refractivity contribution in [3.8, 4) is 0 Å². The minimum absolute atomic E-state index is 0.0200. The molecule has 1 heterocycles. The SMILES string of the molecule is CN=C1NCN(C(C)CO)C1C(=O)NC. The van der Waals surface area contributed by atoms with Crippen LogP contribution in [-0.2, 0) is 4.79 Å². The maximum absolute atomic E-state index is 11.7. The largest absolute Gasteiger partial charge is 0.395 e. The summed E-state index contributed by atoms with van der Waals surface area (Å²) in [6.07, 6.45) is 0. The van der Waals surface area contributed by atoms with Crippen LogP contribution < -0.4 is 10.6 Å². The van der Waals surface area contributed by atoms with Crippen molar-refractivity contribution in [2.24, 2.45) is 4.99 Å². The van der Waals surface area contributed by atoms with Crippen molar-refractivity contribution in [3.05, 3.63) is 0 Å². The maximum Gasteiger partial charge on any atom is 0.244 e. The lowest BCUT2D eigenvalue weighted by molar-refractivity contribution is -0.124. The van der Waals surface area contributed by atoms with Gasteiger partial charge in [-0.1, -0.05) is 0 Å². The molecular weight excluding hydrogens is 196 g/mol. The fourth-order valence-corrected chi connectivity index (χ4v) is 1.65. The van der Waals surface area contributed by atoms with Crippen LogP contribution in [0.5, 0.6) is 0 Å². The molecule has 0 saturated carbocycles. The summed E-state index contributed by atoms with van der Waals surface area (Å²) in [6, 6.07) is -0.485. The predicted octanol–water partition coefficient (Wildman–Crippen LogP) is -1.63. The van der Waals surface area contributed by atoms with E-state index < -0.39 is 6.04 Å². The van der Waals surface area contributed by atoms with Gasteiger partial charge in [-0.2, -0.15) is 0 Å². The van der Waals surface area contributed by atoms with Crippen LogP contribution in [0, 0.1) is 0 Å². The first-order valence-electron chi connectivity index (χ1n) is 4.94. The molecule has 86 valence electrons. The molecule has 6 nitrogen and oxygen atoms in total. The molecule has 1 aliphatic rings. The second-order valence-electron chi connectivity index (χ2n) is 3.51. The third kappa shape index (κ3) is 2.27. The summed E-state index contributed by atoms with van der Waals surface area (Å²) in [5, 5.41) is 14.7. The molecule has 1 saturated heterocycles. The van der Waals surface area contributed by atoms with E-state index >= 15 is 0 Å². The van der Waals surface area contributed by atoms with Gasteiger partial charge in [0, 0.05) is 20.1 Å². The smallest absolute Gasteiger partial charge is 0.244 e. The van der Waals surface area contributed by atoms with Crippen LogP contribution in [0.3, 0.4) is 0 Å². The van der Waals surface area contributed by atoms with Crippen molar-refractivity contribution >= 4 is 11.7 Å². The van der Waals surface area contributed by atoms with Gasteiger partial charge in [0.15, 0.2) is 0 Å². The Morgan fingerprint density at radius 1 is 1.87 bits per heavy atom. The lowest BCUT2D eigenvalue weighted by atomic mass is 10.2. The number of carbonyl (C=O) groups excluding carboxylic acids is 1. The van der Waals surface area contributed by atoms with Gasteiger partial charge in [0.2, 0.25) is 5.91 Å². The lowest BCUT2D eigenvalue weighted by Crippen LogP contribution is -2.49. The molecular formula is C9H18N4O2. The summed E-state index contributed by atoms with van der Waals surface area (Å²) in [5.41, 5.74) is 0. The van der Waals surface area contributed by atoms with E-state index in [0.29, 0.717) is 12.5 Å². The summed E-state index contributed by atoms with van der Waals surface area (Å²) in [5.74, 6) is 0.538. The van der Waals surface area contributed by atoms with Crippen LogP contribution in [0.1, 0.15) is 6.92 Å². The summed E-state index contributed by atoms with van der Waals surface area (Å²) in [7, 11) is 3.24. The number of hydrogen-bond acceptors (Lipinski definition) is 4. The Hall–Kier alpha value is -1.14. The summed E-state index contributed by atoms with van der Waals surface area (Å²) in [4.78, 5) is 17.6. The normalized spacial score (nSPS) is 26.4. The number of amidine groups is 1. The number of aliphatic imine (C=N–C) groups is 1. The molecule has 6 heteroatoms. The number of hydrogen-bond donors (Lipinski definition) is 3. The highest BCUT2D eigenvalue weighted by Gasteiger charge is 2.37. The topological polar surface area (TPSA) is 77.0 Å². The molecule has 1 fully saturated rings. The number of rotatable bonds is 3. The summed E-state index contributed by atoms with van der Waals surface area (Å²) in [6.45, 7) is 2.43. The second-order valence-corrected chi connectivity index (χ2v) is 3.51. The van der Waals surface area contributed by atoms with Gasteiger partial charge >= 0.3 is 0 Å². The molecule has 1 rings (SSSR count). The van der Waals surface area contributed by atoms with Crippen molar-refractivity contribution in [1.29, 1.82) is 0 Å². The first-order valence-corrected chi connectivity index (χ1v) is 4.94. The van der Waals surface area contributed by atoms with Gasteiger partial charge in [0.25, 0.3) is 0 Å². The Morgan fingerprint density at radius 3 is 3.00 bits per heavy atom. The summed E-state index contributed by atoms with van der Waals surface area (Å²) < 4.78 is 0. The van der Waals surface area contributed by atoms with Crippen LogP contribution in [-0.4, -0.2) is 61.2 Å². The molecule has 0 radical (unpaired) electrons. The average molecular weight is 214 g/mol. The molecule has 0 spiro atoms. The first-order chi connectivity index (χ1) is 7.15. The van der Waals surface area contributed by atoms with E-state index in [1.165, 1.54) is 0 Å². The number of aliphatic hydroxyl groups is 1. The Kier molecular flexibility index (Phi) is 4.05. The van der Waals surface area contributed by atoms with Crippen molar-refractivity contribution in [2.75, 3.05) is 27.4 Å². The van der Waals surface area contributed by atoms with Crippen LogP contribution in [0.15, 0.2) is 4.99 Å². The van der Waals surface area contributed by atoms with Crippen LogP contribution >= 0.6 is 0 Å². The Labute approximate surface area is 89.4 Å². The van der Waals surface area contributed by atoms with Gasteiger partial charge in [-0.25, -0.2) is 0 Å². The first kappa shape index (κ1) is 11.9. The minimum Gasteiger partial charge on any atom is -0.395 e. The zero-order chi connectivity index (χ0) is 11.4. The van der Waals surface area contributed by atoms with Gasteiger partial charge in [0.05, 0.1) is 13.3 Å². The minimum atomic E-state index is -0.415. The molecule has 1 amide bonds. The Morgan fingerprint density at radius 2 is 2.53 bits per heavy atom. The molecule has 2 atom stereocenters. The van der Waals surface area contributed by atoms with E-state index in [1.807, 2.05) is 11.8 Å².